The number of nitrogens with one attached hydrogen (secondary N) is 3. The van der Waals surface area contributed by atoms with Gasteiger partial charge in [-0.1, -0.05) is 0 Å². The van der Waals surface area contributed by atoms with E-state index in [9.17, 15) is 4.79 Å². The molecule has 2 aliphatic rings. The summed E-state index contributed by atoms with van der Waals surface area (Å²) in [5, 5.41) is 9.63. The molecule has 0 bridgehead atoms. The van der Waals surface area contributed by atoms with Crippen LogP contribution in [0.5, 0.6) is 5.75 Å². The van der Waals surface area contributed by atoms with Crippen molar-refractivity contribution in [2.24, 2.45) is 0 Å². The Balaban J connectivity index is 1.19. The standard InChI is InChI=1S/C26H38N8O2S/c1-32(18-12-28-26(37)31-24(35)20-7-9-21(36-2)10-8-20)17-11-27-22-19-23(33-13-3-4-14-33)30-25(29-22)34-15-5-6-16-34/h7-10,19H,3-6,11-18H2,1-2H3,(H,27,29,30)(H2,28,31,35,37). The first-order valence-corrected chi connectivity index (χ1v) is 13.5. The first kappa shape index (κ1) is 26.9. The van der Waals surface area contributed by atoms with Gasteiger partial charge in [-0.15, -0.1) is 0 Å². The normalized spacial score (nSPS) is 15.2. The zero-order valence-corrected chi connectivity index (χ0v) is 22.6. The molecule has 0 unspecified atom stereocenters. The molecule has 2 aromatic rings. The monoisotopic (exact) mass is 526 g/mol. The number of carbonyl (C=O) groups is 1. The van der Waals surface area contributed by atoms with Gasteiger partial charge in [0.25, 0.3) is 5.91 Å². The second-order valence-electron chi connectivity index (χ2n) is 9.47. The number of benzene rings is 1. The third-order valence-corrected chi connectivity index (χ3v) is 6.92. The van der Waals surface area contributed by atoms with Gasteiger partial charge in [-0.25, -0.2) is 0 Å². The topological polar surface area (TPSA) is 97.9 Å². The van der Waals surface area contributed by atoms with Gasteiger partial charge in [0.05, 0.1) is 7.11 Å². The molecule has 1 aromatic carbocycles. The van der Waals surface area contributed by atoms with Crippen molar-refractivity contribution in [1.82, 2.24) is 25.5 Å². The van der Waals surface area contributed by atoms with E-state index in [4.69, 9.17) is 26.9 Å². The Hall–Kier alpha value is -3.18. The van der Waals surface area contributed by atoms with Crippen LogP contribution >= 0.6 is 12.2 Å². The molecule has 200 valence electrons. The van der Waals surface area contributed by atoms with E-state index in [1.807, 2.05) is 0 Å². The van der Waals surface area contributed by atoms with Crippen molar-refractivity contribution < 1.29 is 9.53 Å². The Kier molecular flexibility index (Phi) is 9.72. The van der Waals surface area contributed by atoms with Crippen molar-refractivity contribution in [3.63, 3.8) is 0 Å². The second-order valence-corrected chi connectivity index (χ2v) is 9.88. The number of ether oxygens (including phenoxy) is 1. The van der Waals surface area contributed by atoms with Gasteiger partial charge in [-0.2, -0.15) is 9.97 Å². The van der Waals surface area contributed by atoms with Crippen molar-refractivity contribution >= 4 is 40.8 Å². The Morgan fingerprint density at radius 1 is 1.00 bits per heavy atom. The fourth-order valence-electron chi connectivity index (χ4n) is 4.49. The average molecular weight is 527 g/mol. The van der Waals surface area contributed by atoms with Crippen LogP contribution in [0.2, 0.25) is 0 Å². The van der Waals surface area contributed by atoms with E-state index in [2.05, 4.69) is 43.8 Å². The fraction of sp³-hybridized carbons (Fsp3) is 0.538. The lowest BCUT2D eigenvalue weighted by molar-refractivity contribution is 0.0976. The lowest BCUT2D eigenvalue weighted by atomic mass is 10.2. The van der Waals surface area contributed by atoms with E-state index in [1.165, 1.54) is 25.7 Å². The van der Waals surface area contributed by atoms with Gasteiger partial charge < -0.3 is 30.1 Å². The van der Waals surface area contributed by atoms with Gasteiger partial charge in [0.2, 0.25) is 5.95 Å². The fourth-order valence-corrected chi connectivity index (χ4v) is 4.68. The van der Waals surface area contributed by atoms with Crippen LogP contribution < -0.4 is 30.5 Å². The number of hydrogen-bond acceptors (Lipinski definition) is 9. The number of methoxy groups -OCH3 is 1. The first-order chi connectivity index (χ1) is 18.0. The van der Waals surface area contributed by atoms with Crippen molar-refractivity contribution in [3.8, 4) is 5.75 Å². The van der Waals surface area contributed by atoms with Crippen LogP contribution in [-0.4, -0.2) is 92.4 Å². The smallest absolute Gasteiger partial charge is 0.257 e. The Morgan fingerprint density at radius 3 is 2.32 bits per heavy atom. The van der Waals surface area contributed by atoms with Crippen LogP contribution in [0.25, 0.3) is 0 Å². The first-order valence-electron chi connectivity index (χ1n) is 13.1. The molecule has 2 fully saturated rings. The maximum absolute atomic E-state index is 12.3. The number of thiocarbonyl (C=S) groups is 1. The van der Waals surface area contributed by atoms with Gasteiger partial charge in [0.15, 0.2) is 5.11 Å². The molecule has 1 amide bonds. The Bertz CT molecular complexity index is 1010. The van der Waals surface area contributed by atoms with Crippen LogP contribution in [0.3, 0.4) is 0 Å². The van der Waals surface area contributed by atoms with Crippen molar-refractivity contribution in [2.75, 3.05) is 81.6 Å². The summed E-state index contributed by atoms with van der Waals surface area (Å²) in [6, 6.07) is 8.98. The van der Waals surface area contributed by atoms with Crippen molar-refractivity contribution in [3.05, 3.63) is 35.9 Å². The van der Waals surface area contributed by atoms with Crippen LogP contribution in [0.4, 0.5) is 17.6 Å². The minimum Gasteiger partial charge on any atom is -0.497 e. The lowest BCUT2D eigenvalue weighted by Gasteiger charge is -2.22. The van der Waals surface area contributed by atoms with Crippen LogP contribution in [0, 0.1) is 0 Å². The number of carbonyl (C=O) groups excluding carboxylic acids is 1. The predicted molar refractivity (Wildman–Crippen MR) is 152 cm³/mol. The van der Waals surface area contributed by atoms with E-state index in [-0.39, 0.29) is 5.91 Å². The summed E-state index contributed by atoms with van der Waals surface area (Å²) in [6.07, 6.45) is 4.85. The molecule has 1 aromatic heterocycles. The van der Waals surface area contributed by atoms with E-state index in [0.29, 0.717) is 23.0 Å². The summed E-state index contributed by atoms with van der Waals surface area (Å²) in [6.45, 7) is 7.20. The van der Waals surface area contributed by atoms with Gasteiger partial charge in [-0.05, 0) is 69.2 Å². The summed E-state index contributed by atoms with van der Waals surface area (Å²) in [5.74, 6) is 3.21. The van der Waals surface area contributed by atoms with Gasteiger partial charge >= 0.3 is 0 Å². The Morgan fingerprint density at radius 2 is 1.65 bits per heavy atom. The van der Waals surface area contributed by atoms with Crippen molar-refractivity contribution in [2.45, 2.75) is 25.7 Å². The molecule has 3 heterocycles. The van der Waals surface area contributed by atoms with Gasteiger partial charge in [0, 0.05) is 64.0 Å². The molecule has 37 heavy (non-hydrogen) atoms. The third kappa shape index (κ3) is 7.90. The van der Waals surface area contributed by atoms with Gasteiger partial charge in [0.1, 0.15) is 17.4 Å². The highest BCUT2D eigenvalue weighted by Crippen LogP contribution is 2.25. The highest BCUT2D eigenvalue weighted by atomic mass is 32.1. The van der Waals surface area contributed by atoms with E-state index in [0.717, 1.165) is 63.4 Å². The Labute approximate surface area is 224 Å². The summed E-state index contributed by atoms with van der Waals surface area (Å²) in [7, 11) is 3.65. The quantitative estimate of drug-likeness (QED) is 0.379. The SMILES string of the molecule is COc1ccc(C(=O)NC(=S)NCCN(C)CCNc2cc(N3CCCC3)nc(N3CCCC3)n2)cc1. The molecule has 0 spiro atoms. The minimum absolute atomic E-state index is 0.246. The number of amides is 1. The number of anilines is 3. The van der Waals surface area contributed by atoms with Crippen LogP contribution in [0.1, 0.15) is 36.0 Å². The predicted octanol–water partition coefficient (Wildman–Crippen LogP) is 2.33. The average Bonchev–Trinajstić information content (AvgIpc) is 3.64. The molecule has 0 aliphatic carbocycles. The van der Waals surface area contributed by atoms with Gasteiger partial charge in [-0.3, -0.25) is 10.1 Å². The minimum atomic E-state index is -0.246. The lowest BCUT2D eigenvalue weighted by Crippen LogP contribution is -2.42. The molecule has 3 N–H and O–H groups in total. The molecular formula is C26H38N8O2S. The summed E-state index contributed by atoms with van der Waals surface area (Å²) in [5.41, 5.74) is 0.527. The highest BCUT2D eigenvalue weighted by Gasteiger charge is 2.20. The number of hydrogen-bond donors (Lipinski definition) is 3. The molecule has 2 aliphatic heterocycles. The van der Waals surface area contributed by atoms with Crippen LogP contribution in [-0.2, 0) is 0 Å². The molecule has 10 nitrogen and oxygen atoms in total. The third-order valence-electron chi connectivity index (χ3n) is 6.68. The molecular weight excluding hydrogens is 488 g/mol. The van der Waals surface area contributed by atoms with E-state index in [1.54, 1.807) is 31.4 Å². The largest absolute Gasteiger partial charge is 0.497 e. The number of nitrogens with zero attached hydrogens (tertiary/aromatic N) is 5. The number of likely N-dealkylation sites (N-methyl/N-ethyl adjacent to an activating group) is 1. The molecule has 4 rings (SSSR count). The molecule has 0 radical (unpaired) electrons. The van der Waals surface area contributed by atoms with E-state index >= 15 is 0 Å². The van der Waals surface area contributed by atoms with Crippen molar-refractivity contribution in [1.29, 1.82) is 0 Å². The molecule has 11 heteroatoms. The maximum Gasteiger partial charge on any atom is 0.257 e. The highest BCUT2D eigenvalue weighted by molar-refractivity contribution is 7.80. The molecule has 0 atom stereocenters. The molecule has 2 saturated heterocycles. The maximum atomic E-state index is 12.3. The second kappa shape index (κ2) is 13.4. The zero-order chi connectivity index (χ0) is 26.0. The summed E-state index contributed by atoms with van der Waals surface area (Å²) >= 11 is 5.28. The van der Waals surface area contributed by atoms with E-state index < -0.39 is 0 Å². The number of aromatic nitrogens is 2. The zero-order valence-electron chi connectivity index (χ0n) is 21.8. The summed E-state index contributed by atoms with van der Waals surface area (Å²) in [4.78, 5) is 28.9. The van der Waals surface area contributed by atoms with Crippen LogP contribution in [0.15, 0.2) is 30.3 Å². The summed E-state index contributed by atoms with van der Waals surface area (Å²) < 4.78 is 5.12. The molecule has 0 saturated carbocycles. The number of rotatable bonds is 11.